The third-order valence-corrected chi connectivity index (χ3v) is 5.00. The minimum atomic E-state index is 0.731. The van der Waals surface area contributed by atoms with Crippen molar-refractivity contribution in [1.82, 2.24) is 0 Å². The Balaban J connectivity index is 1.69. The normalized spacial score (nSPS) is 21.2. The molecule has 0 heteroatoms. The summed E-state index contributed by atoms with van der Waals surface area (Å²) < 4.78 is 0. The summed E-state index contributed by atoms with van der Waals surface area (Å²) in [5.41, 5.74) is 4.92. The number of hydrogen-bond acceptors (Lipinski definition) is 0. The van der Waals surface area contributed by atoms with Crippen molar-refractivity contribution in [3.05, 3.63) is 71.8 Å². The average molecular weight is 300 g/mol. The lowest BCUT2D eigenvalue weighted by atomic mass is 9.78. The van der Waals surface area contributed by atoms with Gasteiger partial charge in [0.1, 0.15) is 0 Å². The van der Waals surface area contributed by atoms with Gasteiger partial charge in [-0.05, 0) is 73.3 Å². The zero-order valence-corrected chi connectivity index (χ0v) is 13.8. The molecular weight excluding hydrogens is 276 g/mol. The van der Waals surface area contributed by atoms with Gasteiger partial charge < -0.3 is 0 Å². The van der Waals surface area contributed by atoms with Crippen molar-refractivity contribution in [2.75, 3.05) is 0 Å². The molecule has 0 radical (unpaired) electrons. The van der Waals surface area contributed by atoms with Crippen LogP contribution in [-0.2, 0) is 0 Å². The van der Waals surface area contributed by atoms with Gasteiger partial charge in [0, 0.05) is 5.56 Å². The lowest BCUT2D eigenvalue weighted by molar-refractivity contribution is 0.376. The third-order valence-electron chi connectivity index (χ3n) is 5.00. The summed E-state index contributed by atoms with van der Waals surface area (Å²) in [4.78, 5) is 0. The van der Waals surface area contributed by atoms with Crippen LogP contribution in [0.25, 0.3) is 11.1 Å². The van der Waals surface area contributed by atoms with Crippen molar-refractivity contribution in [1.29, 1.82) is 0 Å². The van der Waals surface area contributed by atoms with E-state index >= 15 is 0 Å². The molecule has 0 spiro atoms. The zero-order chi connectivity index (χ0) is 16.1. The molecule has 0 unspecified atom stereocenters. The van der Waals surface area contributed by atoms with Crippen LogP contribution in [0.5, 0.6) is 0 Å². The number of rotatable bonds is 3. The Morgan fingerprint density at radius 2 is 1.43 bits per heavy atom. The number of hydrogen-bond donors (Lipinski definition) is 0. The van der Waals surface area contributed by atoms with Crippen LogP contribution in [0.3, 0.4) is 0 Å². The first-order valence-corrected chi connectivity index (χ1v) is 8.60. The van der Waals surface area contributed by atoms with Crippen LogP contribution in [0.15, 0.2) is 60.7 Å². The van der Waals surface area contributed by atoms with Crippen LogP contribution in [0.4, 0.5) is 0 Å². The van der Waals surface area contributed by atoms with Crippen LogP contribution in [0.2, 0.25) is 0 Å². The van der Waals surface area contributed by atoms with Gasteiger partial charge in [-0.2, -0.15) is 0 Å². The van der Waals surface area contributed by atoms with Gasteiger partial charge in [-0.25, -0.2) is 0 Å². The molecule has 0 bridgehead atoms. The fraction of sp³-hybridized carbons (Fsp3) is 0.304. The monoisotopic (exact) mass is 300 g/mol. The van der Waals surface area contributed by atoms with Gasteiger partial charge in [-0.15, -0.1) is 6.42 Å². The SMILES string of the molecule is C#Cc1ccc(-c2ccc([C@H]3CC[C@H](C=CC)CC3)cc2)cc1. The highest BCUT2D eigenvalue weighted by molar-refractivity contribution is 5.64. The van der Waals surface area contributed by atoms with E-state index in [4.69, 9.17) is 6.42 Å². The average Bonchev–Trinajstić information content (AvgIpc) is 2.63. The van der Waals surface area contributed by atoms with Crippen molar-refractivity contribution in [3.63, 3.8) is 0 Å². The van der Waals surface area contributed by atoms with Crippen molar-refractivity contribution in [2.45, 2.75) is 38.5 Å². The maximum absolute atomic E-state index is 5.42. The molecule has 0 heterocycles. The molecule has 116 valence electrons. The molecule has 3 rings (SSSR count). The first-order chi connectivity index (χ1) is 11.3. The van der Waals surface area contributed by atoms with Crippen LogP contribution in [0.1, 0.15) is 49.7 Å². The quantitative estimate of drug-likeness (QED) is 0.468. The van der Waals surface area contributed by atoms with Gasteiger partial charge in [-0.1, -0.05) is 54.5 Å². The van der Waals surface area contributed by atoms with Crippen LogP contribution >= 0.6 is 0 Å². The van der Waals surface area contributed by atoms with E-state index < -0.39 is 0 Å². The largest absolute Gasteiger partial charge is 0.115 e. The summed E-state index contributed by atoms with van der Waals surface area (Å²) in [7, 11) is 0. The Kier molecular flexibility index (Phi) is 4.99. The third kappa shape index (κ3) is 3.74. The molecule has 0 saturated heterocycles. The van der Waals surface area contributed by atoms with Crippen molar-refractivity contribution in [2.24, 2.45) is 5.92 Å². The maximum atomic E-state index is 5.42. The second-order valence-corrected chi connectivity index (χ2v) is 6.48. The lowest BCUT2D eigenvalue weighted by Crippen LogP contribution is -2.11. The highest BCUT2D eigenvalue weighted by Crippen LogP contribution is 2.36. The van der Waals surface area contributed by atoms with E-state index in [1.165, 1.54) is 42.4 Å². The summed E-state index contributed by atoms with van der Waals surface area (Å²) >= 11 is 0. The Morgan fingerprint density at radius 1 is 0.870 bits per heavy atom. The fourth-order valence-electron chi connectivity index (χ4n) is 3.62. The first kappa shape index (κ1) is 15.6. The first-order valence-electron chi connectivity index (χ1n) is 8.60. The highest BCUT2D eigenvalue weighted by atomic mass is 14.3. The smallest absolute Gasteiger partial charge is 0.0243 e. The van der Waals surface area contributed by atoms with Gasteiger partial charge in [0.05, 0.1) is 0 Å². The molecule has 0 atom stereocenters. The standard InChI is InChI=1S/C23H24/c1-3-5-19-8-12-21(13-9-19)23-16-14-22(15-17-23)20-10-6-18(4-2)7-11-20/h2-3,5-7,10-11,14-17,19,21H,8-9,12-13H2,1H3/t19-,21-. The molecule has 0 aliphatic heterocycles. The van der Waals surface area contributed by atoms with Crippen LogP contribution in [-0.4, -0.2) is 0 Å². The Bertz CT molecular complexity index is 687. The fourth-order valence-corrected chi connectivity index (χ4v) is 3.62. The van der Waals surface area contributed by atoms with E-state index in [9.17, 15) is 0 Å². The molecule has 2 aromatic carbocycles. The van der Waals surface area contributed by atoms with E-state index in [0.717, 1.165) is 17.4 Å². The summed E-state index contributed by atoms with van der Waals surface area (Å²) in [6.07, 6.45) is 15.3. The van der Waals surface area contributed by atoms with E-state index in [-0.39, 0.29) is 0 Å². The van der Waals surface area contributed by atoms with Gasteiger partial charge >= 0.3 is 0 Å². The molecule has 2 aromatic rings. The number of terminal acetylenes is 1. The van der Waals surface area contributed by atoms with Gasteiger partial charge in [0.25, 0.3) is 0 Å². The van der Waals surface area contributed by atoms with E-state index in [0.29, 0.717) is 0 Å². The molecule has 1 aliphatic rings. The van der Waals surface area contributed by atoms with Gasteiger partial charge in [-0.3, -0.25) is 0 Å². The van der Waals surface area contributed by atoms with E-state index in [2.05, 4.69) is 61.4 Å². The Labute approximate surface area is 140 Å². The molecule has 1 fully saturated rings. The van der Waals surface area contributed by atoms with Crippen molar-refractivity contribution in [3.8, 4) is 23.5 Å². The Morgan fingerprint density at radius 3 is 1.96 bits per heavy atom. The molecule has 1 aliphatic carbocycles. The van der Waals surface area contributed by atoms with E-state index in [1.807, 2.05) is 12.1 Å². The van der Waals surface area contributed by atoms with E-state index in [1.54, 1.807) is 0 Å². The Hall–Kier alpha value is -2.26. The predicted octanol–water partition coefficient (Wildman–Crippen LogP) is 6.18. The maximum Gasteiger partial charge on any atom is 0.0243 e. The molecule has 0 nitrogen and oxygen atoms in total. The van der Waals surface area contributed by atoms with Gasteiger partial charge in [0.2, 0.25) is 0 Å². The molecule has 0 amide bonds. The highest BCUT2D eigenvalue weighted by Gasteiger charge is 2.20. The molecular formula is C23H24. The molecule has 0 N–H and O–H groups in total. The lowest BCUT2D eigenvalue weighted by Gasteiger charge is -2.27. The molecule has 23 heavy (non-hydrogen) atoms. The summed E-state index contributed by atoms with van der Waals surface area (Å²) in [5, 5.41) is 0. The minimum absolute atomic E-state index is 0.731. The van der Waals surface area contributed by atoms with Crippen molar-refractivity contribution >= 4 is 0 Å². The second kappa shape index (κ2) is 7.34. The predicted molar refractivity (Wildman–Crippen MR) is 99.3 cm³/mol. The van der Waals surface area contributed by atoms with Crippen LogP contribution < -0.4 is 0 Å². The summed E-state index contributed by atoms with van der Waals surface area (Å²) in [6, 6.07) is 17.3. The minimum Gasteiger partial charge on any atom is -0.115 e. The number of benzene rings is 2. The molecule has 0 aromatic heterocycles. The topological polar surface area (TPSA) is 0 Å². The summed E-state index contributed by atoms with van der Waals surface area (Å²) in [5.74, 6) is 4.19. The number of allylic oxidation sites excluding steroid dienone is 2. The van der Waals surface area contributed by atoms with Crippen molar-refractivity contribution < 1.29 is 0 Å². The zero-order valence-electron chi connectivity index (χ0n) is 13.8. The second-order valence-electron chi connectivity index (χ2n) is 6.48. The summed E-state index contributed by atoms with van der Waals surface area (Å²) in [6.45, 7) is 2.13. The van der Waals surface area contributed by atoms with Gasteiger partial charge in [0.15, 0.2) is 0 Å². The van der Waals surface area contributed by atoms with Crippen LogP contribution in [0, 0.1) is 18.3 Å². The molecule has 1 saturated carbocycles.